The fourth-order valence-electron chi connectivity index (χ4n) is 12.2. The molecule has 2 amide bonds. The first kappa shape index (κ1) is 67.6. The van der Waals surface area contributed by atoms with Gasteiger partial charge in [-0.05, 0) is 154 Å². The second kappa shape index (κ2) is 28.8. The predicted molar refractivity (Wildman–Crippen MR) is 349 cm³/mol. The maximum absolute atomic E-state index is 14.2. The van der Waals surface area contributed by atoms with E-state index in [0.717, 1.165) is 58.1 Å². The van der Waals surface area contributed by atoms with Crippen LogP contribution < -0.4 is 39.7 Å². The third-order valence-electron chi connectivity index (χ3n) is 18.3. The number of hydrogen-bond acceptors (Lipinski definition) is 14. The minimum atomic E-state index is -4.75. The van der Waals surface area contributed by atoms with Gasteiger partial charge in [0.15, 0.2) is 19.8 Å². The highest BCUT2D eigenvalue weighted by molar-refractivity contribution is 6.74. The number of carbonyl (C=O) groups is 2. The average molecular weight is 1280 g/mol. The molecule has 4 aromatic carbocycles. The lowest BCUT2D eigenvalue weighted by Crippen LogP contribution is -2.58. The third-order valence-corrected chi connectivity index (χ3v) is 22.8. The standard InChI is InChI=1S/C37H50F3N5O3Si.C31H36F3N5O3/c1-26-22-27(2)31(42-28-15-18-43(19-16-28)32-12-8-9-13-33(32)48-37(38,39)40)23-30(26)35(46)44-20-21-45(34-14-10-11-17-41-34)29(24-44)25-47-49(6,7)36(3,4)5;1-21-17-22(2)26(36-23-10-13-37(14-11-23)27-7-3-4-8-28(27)42-31(32,33)34)18-25(21)30(41)38-15-16-39(24(19-38)20-40)29-9-5-6-12-35-29/h8-14,17,22-23,28-29,42H,15-16,18-21,24-25H2,1-7H3;3-9,12,17-18,23-24,36,40H,10-11,13-16,19-20H2,1-2H3/t29-;/m0./s1. The van der Waals surface area contributed by atoms with Crippen LogP contribution in [0.25, 0.3) is 0 Å². The molecule has 4 aliphatic rings. The molecule has 4 fully saturated rings. The lowest BCUT2D eigenvalue weighted by molar-refractivity contribution is -0.275. The van der Waals surface area contributed by atoms with Gasteiger partial charge in [-0.15, -0.1) is 26.3 Å². The Morgan fingerprint density at radius 1 is 0.549 bits per heavy atom. The van der Waals surface area contributed by atoms with Crippen LogP contribution in [0.1, 0.15) is 89.4 Å². The van der Waals surface area contributed by atoms with E-state index in [4.69, 9.17) is 4.43 Å². The van der Waals surface area contributed by atoms with Gasteiger partial charge in [0, 0.05) is 112 Å². The molecule has 490 valence electrons. The Morgan fingerprint density at radius 2 is 0.945 bits per heavy atom. The Bertz CT molecular complexity index is 3420. The van der Waals surface area contributed by atoms with Gasteiger partial charge in [0.2, 0.25) is 0 Å². The number of rotatable bonds is 16. The van der Waals surface area contributed by atoms with Crippen molar-refractivity contribution >= 4 is 54.5 Å². The summed E-state index contributed by atoms with van der Waals surface area (Å²) in [6.07, 6.45) is -3.11. The van der Waals surface area contributed by atoms with Crippen LogP contribution in [0.5, 0.6) is 11.5 Å². The monoisotopic (exact) mass is 1280 g/mol. The second-order valence-electron chi connectivity index (χ2n) is 25.6. The van der Waals surface area contributed by atoms with E-state index in [9.17, 15) is 41.0 Å². The first-order valence-corrected chi connectivity index (χ1v) is 34.2. The molecule has 6 heterocycles. The number of carbonyl (C=O) groups excluding carboxylic acids is 2. The number of pyridine rings is 2. The summed E-state index contributed by atoms with van der Waals surface area (Å²) in [6, 6.07) is 31.9. The zero-order valence-corrected chi connectivity index (χ0v) is 54.5. The number of aryl methyl sites for hydroxylation is 4. The summed E-state index contributed by atoms with van der Waals surface area (Å²) in [7, 11) is -2.03. The van der Waals surface area contributed by atoms with Gasteiger partial charge < -0.3 is 59.0 Å². The van der Waals surface area contributed by atoms with Crippen LogP contribution in [0, 0.1) is 27.7 Å². The first-order valence-electron chi connectivity index (χ1n) is 31.3. The summed E-state index contributed by atoms with van der Waals surface area (Å²) in [4.78, 5) is 48.8. The number of aromatic nitrogens is 2. The molecule has 10 rings (SSSR count). The number of hydrogen-bond donors (Lipinski definition) is 3. The number of benzene rings is 4. The van der Waals surface area contributed by atoms with Crippen molar-refractivity contribution < 1.29 is 54.9 Å². The van der Waals surface area contributed by atoms with Crippen LogP contribution in [0.4, 0.5) is 60.7 Å². The lowest BCUT2D eigenvalue weighted by atomic mass is 9.99. The number of aliphatic hydroxyl groups is 1. The molecule has 0 saturated carbocycles. The molecule has 3 N–H and O–H groups in total. The number of anilines is 6. The van der Waals surface area contributed by atoms with Crippen molar-refractivity contribution in [3.05, 3.63) is 155 Å². The molecule has 16 nitrogen and oxygen atoms in total. The molecule has 0 spiro atoms. The van der Waals surface area contributed by atoms with Crippen LogP contribution in [0.3, 0.4) is 0 Å². The molecular formula is C68H86F6N10O6Si. The van der Waals surface area contributed by atoms with Gasteiger partial charge >= 0.3 is 12.7 Å². The molecule has 2 aromatic heterocycles. The molecule has 0 radical (unpaired) electrons. The van der Waals surface area contributed by atoms with Gasteiger partial charge in [-0.25, -0.2) is 9.97 Å². The average Bonchev–Trinajstić information content (AvgIpc) is 0.904. The van der Waals surface area contributed by atoms with E-state index < -0.39 is 21.0 Å². The Kier molecular flexibility index (Phi) is 21.4. The highest BCUT2D eigenvalue weighted by Crippen LogP contribution is 2.39. The first-order chi connectivity index (χ1) is 43.1. The van der Waals surface area contributed by atoms with Crippen LogP contribution >= 0.6 is 0 Å². The topological polar surface area (TPSA) is 151 Å². The third kappa shape index (κ3) is 17.2. The molecule has 4 aliphatic heterocycles. The van der Waals surface area contributed by atoms with Gasteiger partial charge in [-0.3, -0.25) is 9.59 Å². The van der Waals surface area contributed by atoms with Crippen molar-refractivity contribution in [1.82, 2.24) is 19.8 Å². The largest absolute Gasteiger partial charge is 0.573 e. The number of ether oxygens (including phenoxy) is 2. The number of alkyl halides is 6. The number of piperidine rings is 2. The van der Waals surface area contributed by atoms with E-state index in [1.165, 1.54) is 18.2 Å². The maximum Gasteiger partial charge on any atom is 0.573 e. The number of piperazine rings is 2. The van der Waals surface area contributed by atoms with Crippen LogP contribution in [-0.2, 0) is 4.43 Å². The quantitative estimate of drug-likeness (QED) is 0.0623. The highest BCUT2D eigenvalue weighted by Gasteiger charge is 2.41. The van der Waals surface area contributed by atoms with E-state index >= 15 is 0 Å². The van der Waals surface area contributed by atoms with E-state index in [1.807, 2.05) is 102 Å². The molecule has 6 aromatic rings. The van der Waals surface area contributed by atoms with Crippen LogP contribution in [-0.4, -0.2) is 161 Å². The van der Waals surface area contributed by atoms with Crippen molar-refractivity contribution in [2.45, 2.75) is 129 Å². The second-order valence-corrected chi connectivity index (χ2v) is 30.4. The van der Waals surface area contributed by atoms with Crippen molar-refractivity contribution in [3.8, 4) is 11.5 Å². The number of nitrogens with one attached hydrogen (secondary N) is 2. The minimum Gasteiger partial charge on any atom is -0.415 e. The minimum absolute atomic E-state index is 0.00496. The van der Waals surface area contributed by atoms with Crippen molar-refractivity contribution in [2.24, 2.45) is 0 Å². The number of nitrogens with zero attached hydrogens (tertiary/aromatic N) is 8. The Morgan fingerprint density at radius 3 is 1.33 bits per heavy atom. The fourth-order valence-corrected chi connectivity index (χ4v) is 13.2. The number of para-hydroxylation sites is 4. The molecule has 4 saturated heterocycles. The van der Waals surface area contributed by atoms with Crippen molar-refractivity contribution in [2.75, 3.05) is 109 Å². The van der Waals surface area contributed by atoms with Gasteiger partial charge in [-0.1, -0.05) is 69.3 Å². The van der Waals surface area contributed by atoms with Gasteiger partial charge in [0.05, 0.1) is 36.7 Å². The number of halogens is 6. The molecular weight excluding hydrogens is 1190 g/mol. The molecule has 0 bridgehead atoms. The summed E-state index contributed by atoms with van der Waals surface area (Å²) in [5.74, 6) is 1.20. The summed E-state index contributed by atoms with van der Waals surface area (Å²) in [5.41, 5.74) is 7.78. The Labute approximate surface area is 531 Å². The van der Waals surface area contributed by atoms with Crippen molar-refractivity contribution in [3.63, 3.8) is 0 Å². The molecule has 23 heteroatoms. The highest BCUT2D eigenvalue weighted by atomic mass is 28.4. The Hall–Kier alpha value is -7.76. The Balaban J connectivity index is 0.000000218. The summed E-state index contributed by atoms with van der Waals surface area (Å²) in [5, 5.41) is 17.4. The van der Waals surface area contributed by atoms with Gasteiger partial charge in [0.1, 0.15) is 11.6 Å². The van der Waals surface area contributed by atoms with E-state index in [0.29, 0.717) is 107 Å². The van der Waals surface area contributed by atoms with Crippen molar-refractivity contribution in [1.29, 1.82) is 0 Å². The summed E-state index contributed by atoms with van der Waals surface area (Å²) < 4.78 is 92.9. The zero-order valence-electron chi connectivity index (χ0n) is 53.5. The molecule has 91 heavy (non-hydrogen) atoms. The van der Waals surface area contributed by atoms with E-state index in [2.05, 4.69) is 74.9 Å². The summed E-state index contributed by atoms with van der Waals surface area (Å²) >= 11 is 0. The van der Waals surface area contributed by atoms with Crippen LogP contribution in [0.2, 0.25) is 18.1 Å². The number of amides is 2. The predicted octanol–water partition coefficient (Wildman–Crippen LogP) is 13.0. The smallest absolute Gasteiger partial charge is 0.415 e. The maximum atomic E-state index is 14.2. The number of aliphatic hydroxyl groups excluding tert-OH is 1. The van der Waals surface area contributed by atoms with Crippen LogP contribution in [0.15, 0.2) is 122 Å². The molecule has 0 aliphatic carbocycles. The zero-order chi connectivity index (χ0) is 65.4. The molecule has 2 atom stereocenters. The van der Waals surface area contributed by atoms with E-state index in [1.54, 1.807) is 47.6 Å². The summed E-state index contributed by atoms with van der Waals surface area (Å²) in [6.45, 7) is 25.0. The van der Waals surface area contributed by atoms with Gasteiger partial charge in [-0.2, -0.15) is 0 Å². The van der Waals surface area contributed by atoms with Gasteiger partial charge in [0.25, 0.3) is 11.8 Å². The molecule has 1 unspecified atom stereocenters. The normalized spacial score (nSPS) is 18.2. The fraction of sp³-hybridized carbons (Fsp3) is 0.471. The lowest BCUT2D eigenvalue weighted by Gasteiger charge is -2.44. The SMILES string of the molecule is Cc1cc(C)c(C(=O)N2CCN(c3ccccn3)C(CO)C2)cc1NC1CCN(c2ccccc2OC(F)(F)F)CC1.Cc1cc(C)c(C(=O)N2CCN(c3ccccn3)[C@H](CO[Si](C)(C)C(C)(C)C)C2)cc1NC1CCN(c2ccccc2OC(F)(F)F)CC1. The van der Waals surface area contributed by atoms with E-state index in [-0.39, 0.29) is 59.1 Å².